The summed E-state index contributed by atoms with van der Waals surface area (Å²) in [5.41, 5.74) is 0.510. The van der Waals surface area contributed by atoms with Gasteiger partial charge in [-0.3, -0.25) is 9.59 Å². The number of benzene rings is 1. The second-order valence-electron chi connectivity index (χ2n) is 6.66. The number of nitrogens with one attached hydrogen (secondary N) is 2. The quantitative estimate of drug-likeness (QED) is 0.879. The van der Waals surface area contributed by atoms with E-state index in [2.05, 4.69) is 10.6 Å². The van der Waals surface area contributed by atoms with Gasteiger partial charge in [-0.05, 0) is 62.4 Å². The Morgan fingerprint density at radius 1 is 1.21 bits per heavy atom. The van der Waals surface area contributed by atoms with Gasteiger partial charge in [0, 0.05) is 25.2 Å². The summed E-state index contributed by atoms with van der Waals surface area (Å²) in [6.45, 7) is 2.85. The summed E-state index contributed by atoms with van der Waals surface area (Å²) in [6, 6.07) is 5.60. The highest BCUT2D eigenvalue weighted by Crippen LogP contribution is 2.18. The normalized spacial score (nSPS) is 24.0. The molecule has 0 unspecified atom stereocenters. The second-order valence-corrected chi connectivity index (χ2v) is 6.66. The molecule has 5 nitrogen and oxygen atoms in total. The molecule has 0 bridgehead atoms. The van der Waals surface area contributed by atoms with E-state index in [1.807, 2.05) is 0 Å². The Balaban J connectivity index is 1.51. The van der Waals surface area contributed by atoms with Crippen molar-refractivity contribution in [3.05, 3.63) is 35.6 Å². The first-order valence-corrected chi connectivity index (χ1v) is 8.69. The first kappa shape index (κ1) is 16.9. The molecule has 130 valence electrons. The number of halogens is 1. The predicted molar refractivity (Wildman–Crippen MR) is 89.1 cm³/mol. The average Bonchev–Trinajstić information content (AvgIpc) is 3.15. The number of hydrogen-bond donors (Lipinski definition) is 2. The fourth-order valence-corrected chi connectivity index (χ4v) is 3.47. The zero-order valence-electron chi connectivity index (χ0n) is 13.8. The fourth-order valence-electron chi connectivity index (χ4n) is 3.47. The monoisotopic (exact) mass is 333 g/mol. The van der Waals surface area contributed by atoms with Crippen molar-refractivity contribution in [1.82, 2.24) is 15.5 Å². The molecule has 2 fully saturated rings. The van der Waals surface area contributed by atoms with Crippen LogP contribution in [0.5, 0.6) is 0 Å². The van der Waals surface area contributed by atoms with Crippen molar-refractivity contribution in [2.45, 2.75) is 31.7 Å². The van der Waals surface area contributed by atoms with Gasteiger partial charge in [0.1, 0.15) is 5.82 Å². The molecule has 2 heterocycles. The minimum Gasteiger partial charge on any atom is -0.354 e. The number of piperidine rings is 1. The van der Waals surface area contributed by atoms with Gasteiger partial charge in [0.25, 0.3) is 5.91 Å². The molecule has 0 spiro atoms. The molecular weight excluding hydrogens is 309 g/mol. The van der Waals surface area contributed by atoms with Crippen LogP contribution in [-0.4, -0.2) is 48.9 Å². The number of rotatable bonds is 4. The lowest BCUT2D eigenvalue weighted by Crippen LogP contribution is -2.46. The van der Waals surface area contributed by atoms with Gasteiger partial charge < -0.3 is 15.5 Å². The van der Waals surface area contributed by atoms with E-state index in [4.69, 9.17) is 0 Å². The molecule has 2 saturated heterocycles. The SMILES string of the molecule is O=C(NC[C@@H]1CCCN(C(=O)c2ccc(F)cc2)C1)[C@@H]1CCCN1. The van der Waals surface area contributed by atoms with Gasteiger partial charge in [-0.25, -0.2) is 4.39 Å². The van der Waals surface area contributed by atoms with Crippen molar-refractivity contribution in [3.8, 4) is 0 Å². The van der Waals surface area contributed by atoms with Crippen LogP contribution in [0.25, 0.3) is 0 Å². The van der Waals surface area contributed by atoms with E-state index in [0.717, 1.165) is 32.2 Å². The lowest BCUT2D eigenvalue weighted by Gasteiger charge is -2.33. The van der Waals surface area contributed by atoms with E-state index in [0.29, 0.717) is 25.2 Å². The lowest BCUT2D eigenvalue weighted by atomic mass is 9.97. The maximum absolute atomic E-state index is 13.0. The third-order valence-corrected chi connectivity index (χ3v) is 4.84. The van der Waals surface area contributed by atoms with Crippen LogP contribution in [0.15, 0.2) is 24.3 Å². The number of hydrogen-bond acceptors (Lipinski definition) is 3. The second kappa shape index (κ2) is 7.75. The van der Waals surface area contributed by atoms with Crippen molar-refractivity contribution in [1.29, 1.82) is 0 Å². The Labute approximate surface area is 141 Å². The third kappa shape index (κ3) is 4.12. The van der Waals surface area contributed by atoms with Gasteiger partial charge in [-0.2, -0.15) is 0 Å². The molecule has 2 aliphatic rings. The zero-order valence-corrected chi connectivity index (χ0v) is 13.8. The first-order valence-electron chi connectivity index (χ1n) is 8.69. The van der Waals surface area contributed by atoms with Crippen LogP contribution in [0.4, 0.5) is 4.39 Å². The van der Waals surface area contributed by atoms with Gasteiger partial charge in [-0.1, -0.05) is 0 Å². The Bertz CT molecular complexity index is 584. The Morgan fingerprint density at radius 3 is 2.71 bits per heavy atom. The van der Waals surface area contributed by atoms with Gasteiger partial charge >= 0.3 is 0 Å². The molecule has 1 aromatic carbocycles. The van der Waals surface area contributed by atoms with E-state index in [9.17, 15) is 14.0 Å². The minimum absolute atomic E-state index is 0.0643. The highest BCUT2D eigenvalue weighted by atomic mass is 19.1. The van der Waals surface area contributed by atoms with Crippen LogP contribution in [0.2, 0.25) is 0 Å². The highest BCUT2D eigenvalue weighted by molar-refractivity contribution is 5.94. The average molecular weight is 333 g/mol. The van der Waals surface area contributed by atoms with E-state index in [-0.39, 0.29) is 29.6 Å². The van der Waals surface area contributed by atoms with E-state index in [1.165, 1.54) is 24.3 Å². The molecule has 1 aromatic rings. The highest BCUT2D eigenvalue weighted by Gasteiger charge is 2.26. The van der Waals surface area contributed by atoms with Crippen molar-refractivity contribution in [2.24, 2.45) is 5.92 Å². The van der Waals surface area contributed by atoms with Crippen LogP contribution < -0.4 is 10.6 Å². The summed E-state index contributed by atoms with van der Waals surface area (Å²) in [7, 11) is 0. The Kier molecular flexibility index (Phi) is 5.45. The van der Waals surface area contributed by atoms with Crippen LogP contribution >= 0.6 is 0 Å². The number of carbonyl (C=O) groups excluding carboxylic acids is 2. The van der Waals surface area contributed by atoms with E-state index >= 15 is 0 Å². The zero-order chi connectivity index (χ0) is 16.9. The molecule has 2 amide bonds. The maximum Gasteiger partial charge on any atom is 0.253 e. The predicted octanol–water partition coefficient (Wildman–Crippen LogP) is 1.55. The summed E-state index contributed by atoms with van der Waals surface area (Å²) in [4.78, 5) is 26.4. The van der Waals surface area contributed by atoms with Crippen LogP contribution in [0.3, 0.4) is 0 Å². The van der Waals surface area contributed by atoms with Crippen LogP contribution in [0.1, 0.15) is 36.0 Å². The number of carbonyl (C=O) groups is 2. The molecule has 0 saturated carbocycles. The lowest BCUT2D eigenvalue weighted by molar-refractivity contribution is -0.123. The topological polar surface area (TPSA) is 61.4 Å². The van der Waals surface area contributed by atoms with Gasteiger partial charge in [0.05, 0.1) is 6.04 Å². The summed E-state index contributed by atoms with van der Waals surface area (Å²) in [5, 5.41) is 6.20. The molecule has 24 heavy (non-hydrogen) atoms. The fraction of sp³-hybridized carbons (Fsp3) is 0.556. The van der Waals surface area contributed by atoms with E-state index < -0.39 is 0 Å². The molecule has 0 aromatic heterocycles. The van der Waals surface area contributed by atoms with E-state index in [1.54, 1.807) is 4.90 Å². The first-order chi connectivity index (χ1) is 11.6. The van der Waals surface area contributed by atoms with Gasteiger partial charge in [-0.15, -0.1) is 0 Å². The molecule has 2 atom stereocenters. The third-order valence-electron chi connectivity index (χ3n) is 4.84. The number of likely N-dealkylation sites (tertiary alicyclic amines) is 1. The molecular formula is C18H24FN3O2. The summed E-state index contributed by atoms with van der Waals surface area (Å²) in [5.74, 6) is -0.0715. The van der Waals surface area contributed by atoms with Gasteiger partial charge in [0.15, 0.2) is 0 Å². The van der Waals surface area contributed by atoms with Crippen molar-refractivity contribution in [3.63, 3.8) is 0 Å². The molecule has 0 aliphatic carbocycles. The smallest absolute Gasteiger partial charge is 0.253 e. The molecule has 2 aliphatic heterocycles. The molecule has 3 rings (SSSR count). The standard InChI is InChI=1S/C18H24FN3O2/c19-15-7-5-14(6-8-15)18(24)22-10-2-3-13(12-22)11-21-17(23)16-4-1-9-20-16/h5-8,13,16,20H,1-4,9-12H2,(H,21,23)/t13-,16-/m0/s1. The van der Waals surface area contributed by atoms with Crippen molar-refractivity contribution < 1.29 is 14.0 Å². The summed E-state index contributed by atoms with van der Waals surface area (Å²) < 4.78 is 13.0. The van der Waals surface area contributed by atoms with Crippen LogP contribution in [-0.2, 0) is 4.79 Å². The summed E-state index contributed by atoms with van der Waals surface area (Å²) >= 11 is 0. The Hall–Kier alpha value is -1.95. The molecule has 2 N–H and O–H groups in total. The molecule has 6 heteroatoms. The summed E-state index contributed by atoms with van der Waals surface area (Å²) in [6.07, 6.45) is 3.87. The van der Waals surface area contributed by atoms with Gasteiger partial charge in [0.2, 0.25) is 5.91 Å². The van der Waals surface area contributed by atoms with Crippen molar-refractivity contribution in [2.75, 3.05) is 26.2 Å². The van der Waals surface area contributed by atoms with Crippen molar-refractivity contribution >= 4 is 11.8 Å². The minimum atomic E-state index is -0.341. The largest absolute Gasteiger partial charge is 0.354 e. The van der Waals surface area contributed by atoms with Crippen LogP contribution in [0, 0.1) is 11.7 Å². The number of nitrogens with zero attached hydrogens (tertiary/aromatic N) is 1. The molecule has 0 radical (unpaired) electrons. The maximum atomic E-state index is 13.0. The number of amides is 2. The Morgan fingerprint density at radius 2 is 2.00 bits per heavy atom.